The zero-order valence-electron chi connectivity index (χ0n) is 23.4. The fourth-order valence-corrected chi connectivity index (χ4v) is 6.89. The molecule has 7 unspecified atom stereocenters. The molecule has 192 valence electrons. The van der Waals surface area contributed by atoms with E-state index in [0.717, 1.165) is 17.9 Å². The van der Waals surface area contributed by atoms with Gasteiger partial charge in [-0.2, -0.15) is 0 Å². The Morgan fingerprint density at radius 1 is 1.09 bits per heavy atom. The van der Waals surface area contributed by atoms with Crippen molar-refractivity contribution in [3.8, 4) is 0 Å². The highest BCUT2D eigenvalue weighted by atomic mass is 16.5. The molecule has 0 aromatic heterocycles. The smallest absolute Gasteiger partial charge is 0.0811 e. The Kier molecular flexibility index (Phi) is 8.78. The topological polar surface area (TPSA) is 29.5 Å². The first-order chi connectivity index (χ1) is 15.8. The first-order valence-electron chi connectivity index (χ1n) is 13.9. The van der Waals surface area contributed by atoms with Gasteiger partial charge in [-0.05, 0) is 105 Å². The van der Waals surface area contributed by atoms with E-state index < -0.39 is 6.10 Å². The van der Waals surface area contributed by atoms with E-state index in [2.05, 4.69) is 86.3 Å². The van der Waals surface area contributed by atoms with Crippen LogP contribution in [0.5, 0.6) is 0 Å². The molecule has 0 bridgehead atoms. The van der Waals surface area contributed by atoms with Crippen LogP contribution in [-0.2, 0) is 4.74 Å². The summed E-state index contributed by atoms with van der Waals surface area (Å²) in [6.45, 7) is 22.5. The molecule has 2 nitrogen and oxygen atoms in total. The van der Waals surface area contributed by atoms with Gasteiger partial charge >= 0.3 is 0 Å². The number of aliphatic hydroxyl groups excluding tert-OH is 1. The summed E-state index contributed by atoms with van der Waals surface area (Å²) in [7, 11) is 0. The Bertz CT molecular complexity index is 807. The van der Waals surface area contributed by atoms with Gasteiger partial charge in [0.1, 0.15) is 0 Å². The molecule has 0 aromatic carbocycles. The van der Waals surface area contributed by atoms with Crippen LogP contribution in [0, 0.1) is 35.0 Å². The molecule has 2 heteroatoms. The highest BCUT2D eigenvalue weighted by Crippen LogP contribution is 2.59. The van der Waals surface area contributed by atoms with E-state index in [9.17, 15) is 5.11 Å². The molecule has 0 heterocycles. The van der Waals surface area contributed by atoms with Crippen LogP contribution < -0.4 is 0 Å². The van der Waals surface area contributed by atoms with Gasteiger partial charge in [0.25, 0.3) is 0 Å². The summed E-state index contributed by atoms with van der Waals surface area (Å²) in [6.07, 6.45) is 17.2. The third kappa shape index (κ3) is 6.35. The summed E-state index contributed by atoms with van der Waals surface area (Å²) in [5.41, 5.74) is 3.87. The summed E-state index contributed by atoms with van der Waals surface area (Å²) in [5, 5.41) is 10.6. The quantitative estimate of drug-likeness (QED) is 0.396. The zero-order chi connectivity index (χ0) is 25.3. The van der Waals surface area contributed by atoms with Crippen LogP contribution in [0.15, 0.2) is 47.6 Å². The van der Waals surface area contributed by atoms with Gasteiger partial charge in [-0.15, -0.1) is 0 Å². The molecule has 1 N–H and O–H groups in total. The maximum atomic E-state index is 10.6. The second kappa shape index (κ2) is 10.9. The predicted octanol–water partition coefficient (Wildman–Crippen LogP) is 8.43. The van der Waals surface area contributed by atoms with Crippen molar-refractivity contribution >= 4 is 0 Å². The molecule has 0 aliphatic heterocycles. The molecule has 3 saturated carbocycles. The van der Waals surface area contributed by atoms with Crippen molar-refractivity contribution in [2.24, 2.45) is 35.0 Å². The van der Waals surface area contributed by atoms with Crippen molar-refractivity contribution < 1.29 is 9.84 Å². The summed E-state index contributed by atoms with van der Waals surface area (Å²) < 4.78 is 6.23. The number of hydrogen-bond donors (Lipinski definition) is 1. The molecule has 34 heavy (non-hydrogen) atoms. The van der Waals surface area contributed by atoms with Gasteiger partial charge in [-0.1, -0.05) is 71.1 Å². The molecule has 0 aromatic rings. The number of aliphatic hydroxyl groups is 1. The first-order valence-corrected chi connectivity index (χ1v) is 13.9. The van der Waals surface area contributed by atoms with Crippen molar-refractivity contribution in [1.29, 1.82) is 0 Å². The van der Waals surface area contributed by atoms with Crippen molar-refractivity contribution in [2.45, 2.75) is 118 Å². The Hall–Kier alpha value is -1.12. The highest BCUT2D eigenvalue weighted by molar-refractivity contribution is 5.39. The van der Waals surface area contributed by atoms with Crippen molar-refractivity contribution in [3.63, 3.8) is 0 Å². The first kappa shape index (κ1) is 27.5. The summed E-state index contributed by atoms with van der Waals surface area (Å²) in [4.78, 5) is 0. The van der Waals surface area contributed by atoms with Gasteiger partial charge in [0.15, 0.2) is 0 Å². The second-order valence-corrected chi connectivity index (χ2v) is 13.2. The molecule has 3 aliphatic rings. The molecule has 3 fully saturated rings. The second-order valence-electron chi connectivity index (χ2n) is 13.2. The molecule has 3 rings (SSSR count). The molecule has 0 saturated heterocycles. The Labute approximate surface area is 210 Å². The highest BCUT2D eigenvalue weighted by Gasteiger charge is 2.50. The predicted molar refractivity (Wildman–Crippen MR) is 146 cm³/mol. The minimum absolute atomic E-state index is 0.0542. The average Bonchev–Trinajstić information content (AvgIpc) is 3.09. The number of hydrogen-bond acceptors (Lipinski definition) is 2. The van der Waals surface area contributed by atoms with Crippen LogP contribution in [0.2, 0.25) is 0 Å². The van der Waals surface area contributed by atoms with Gasteiger partial charge in [0.05, 0.1) is 17.8 Å². The van der Waals surface area contributed by atoms with E-state index in [4.69, 9.17) is 4.74 Å². The van der Waals surface area contributed by atoms with E-state index in [1.807, 2.05) is 0 Å². The van der Waals surface area contributed by atoms with E-state index in [-0.39, 0.29) is 11.7 Å². The van der Waals surface area contributed by atoms with E-state index in [0.29, 0.717) is 35.5 Å². The van der Waals surface area contributed by atoms with E-state index in [1.165, 1.54) is 37.7 Å². The fourth-order valence-electron chi connectivity index (χ4n) is 6.89. The van der Waals surface area contributed by atoms with E-state index in [1.54, 1.807) is 5.57 Å². The lowest BCUT2D eigenvalue weighted by atomic mass is 9.61. The largest absolute Gasteiger partial charge is 0.388 e. The van der Waals surface area contributed by atoms with Crippen LogP contribution in [0.4, 0.5) is 0 Å². The molecule has 0 spiro atoms. The van der Waals surface area contributed by atoms with Crippen molar-refractivity contribution in [2.75, 3.05) is 0 Å². The number of fused-ring (bicyclic) bond motifs is 1. The number of allylic oxidation sites excluding steroid dienone is 5. The summed E-state index contributed by atoms with van der Waals surface area (Å²) in [5.74, 6) is 3.43. The molecular weight excluding hydrogens is 416 g/mol. The standard InChI is InChI=1S/C32H52O2/c1-21(2)22(3)12-13-23(4)28-16-17-29-25(11-10-18-32(28,29)9)14-15-26-19-27(34-31(6,7)8)20-30(33)24(26)5/h12-15,21-23,27-30,33H,5,10-11,16-20H2,1-4,6-9H3. The van der Waals surface area contributed by atoms with Crippen molar-refractivity contribution in [1.82, 2.24) is 0 Å². The van der Waals surface area contributed by atoms with Gasteiger partial charge in [-0.25, -0.2) is 0 Å². The monoisotopic (exact) mass is 468 g/mol. The minimum atomic E-state index is -0.501. The van der Waals surface area contributed by atoms with Gasteiger partial charge in [0.2, 0.25) is 0 Å². The zero-order valence-corrected chi connectivity index (χ0v) is 23.4. The van der Waals surface area contributed by atoms with Crippen molar-refractivity contribution in [3.05, 3.63) is 47.6 Å². The van der Waals surface area contributed by atoms with Crippen LogP contribution in [0.3, 0.4) is 0 Å². The Balaban J connectivity index is 1.76. The lowest BCUT2D eigenvalue weighted by Crippen LogP contribution is -2.35. The van der Waals surface area contributed by atoms with Gasteiger partial charge in [-0.3, -0.25) is 0 Å². The number of ether oxygens (including phenoxy) is 1. The SMILES string of the molecule is C=C1C(=CC=C2CCCC3(C)C2CCC3C(C)C=CC(C)C(C)C)CC(OC(C)(C)C)CC1O. The maximum Gasteiger partial charge on any atom is 0.0811 e. The molecule has 0 radical (unpaired) electrons. The summed E-state index contributed by atoms with van der Waals surface area (Å²) in [6, 6.07) is 0. The van der Waals surface area contributed by atoms with E-state index >= 15 is 0 Å². The molecule has 0 amide bonds. The van der Waals surface area contributed by atoms with Crippen LogP contribution in [-0.4, -0.2) is 22.9 Å². The average molecular weight is 469 g/mol. The number of rotatable bonds is 6. The van der Waals surface area contributed by atoms with Crippen LogP contribution >= 0.6 is 0 Å². The van der Waals surface area contributed by atoms with Gasteiger partial charge < -0.3 is 9.84 Å². The normalized spacial score (nSPS) is 37.1. The lowest BCUT2D eigenvalue weighted by Gasteiger charge is -2.44. The van der Waals surface area contributed by atoms with Crippen LogP contribution in [0.1, 0.15) is 100 Å². The lowest BCUT2D eigenvalue weighted by molar-refractivity contribution is -0.0771. The summed E-state index contributed by atoms with van der Waals surface area (Å²) >= 11 is 0. The maximum absolute atomic E-state index is 10.6. The Morgan fingerprint density at radius 3 is 2.44 bits per heavy atom. The third-order valence-electron chi connectivity index (χ3n) is 9.21. The Morgan fingerprint density at radius 2 is 1.79 bits per heavy atom. The molecule has 7 atom stereocenters. The van der Waals surface area contributed by atoms with Crippen LogP contribution in [0.25, 0.3) is 0 Å². The minimum Gasteiger partial charge on any atom is -0.388 e. The van der Waals surface area contributed by atoms with Gasteiger partial charge in [0, 0.05) is 6.42 Å². The fraction of sp³-hybridized carbons (Fsp3) is 0.750. The molecule has 3 aliphatic carbocycles. The molecular formula is C32H52O2. The third-order valence-corrected chi connectivity index (χ3v) is 9.21.